The molecule has 1 aromatic carbocycles. The van der Waals surface area contributed by atoms with Crippen molar-refractivity contribution in [3.05, 3.63) is 29.8 Å². The van der Waals surface area contributed by atoms with Gasteiger partial charge in [0.25, 0.3) is 5.91 Å². The summed E-state index contributed by atoms with van der Waals surface area (Å²) < 4.78 is 0. The monoisotopic (exact) mass is 353 g/mol. The summed E-state index contributed by atoms with van der Waals surface area (Å²) in [5.74, 6) is 0.203. The van der Waals surface area contributed by atoms with Crippen LogP contribution >= 0.6 is 12.4 Å². The molecule has 1 unspecified atom stereocenters. The van der Waals surface area contributed by atoms with E-state index in [1.807, 2.05) is 26.0 Å². The first kappa shape index (κ1) is 20.5. The minimum absolute atomic E-state index is 0. The van der Waals surface area contributed by atoms with Crippen LogP contribution in [0.1, 0.15) is 49.9 Å². The van der Waals surface area contributed by atoms with Crippen LogP contribution in [0.4, 0.5) is 5.69 Å². The largest absolute Gasteiger partial charge is 0.352 e. The molecule has 3 N–H and O–H groups in total. The zero-order chi connectivity index (χ0) is 16.7. The molecule has 1 aromatic rings. The number of hydrogen-bond donors (Lipinski definition) is 3. The lowest BCUT2D eigenvalue weighted by atomic mass is 10.1. The molecule has 0 spiro atoms. The second kappa shape index (κ2) is 10.3. The minimum Gasteiger partial charge on any atom is -0.352 e. The topological polar surface area (TPSA) is 70.2 Å². The highest BCUT2D eigenvalue weighted by atomic mass is 35.5. The summed E-state index contributed by atoms with van der Waals surface area (Å²) in [4.78, 5) is 24.4. The number of anilines is 1. The van der Waals surface area contributed by atoms with E-state index in [1.54, 1.807) is 12.1 Å². The van der Waals surface area contributed by atoms with Gasteiger partial charge < -0.3 is 16.0 Å². The molecule has 1 heterocycles. The van der Waals surface area contributed by atoms with Gasteiger partial charge in [0, 0.05) is 19.0 Å². The summed E-state index contributed by atoms with van der Waals surface area (Å²) in [7, 11) is 0. The van der Waals surface area contributed by atoms with E-state index in [9.17, 15) is 9.59 Å². The summed E-state index contributed by atoms with van der Waals surface area (Å²) in [5, 5.41) is 9.15. The van der Waals surface area contributed by atoms with Crippen molar-refractivity contribution in [1.82, 2.24) is 10.6 Å². The number of rotatable bonds is 7. The molecular weight excluding hydrogens is 326 g/mol. The molecule has 5 nitrogen and oxygen atoms in total. The Labute approximate surface area is 150 Å². The lowest BCUT2D eigenvalue weighted by Gasteiger charge is -2.13. The van der Waals surface area contributed by atoms with Gasteiger partial charge in [-0.3, -0.25) is 9.59 Å². The van der Waals surface area contributed by atoms with Crippen LogP contribution in [0.5, 0.6) is 0 Å². The standard InChI is InChI=1S/C18H27N3O2.ClH/c1-13(2)12-20-18(23)15-7-3-4-8-16(15)21-17(22)10-9-14-6-5-11-19-14;/h3-4,7-8,13-14,19H,5-6,9-12H2,1-2H3,(H,20,23)(H,21,22);1H. The number of halogens is 1. The molecule has 6 heteroatoms. The molecule has 1 fully saturated rings. The Morgan fingerprint density at radius 1 is 1.29 bits per heavy atom. The number of amides is 2. The van der Waals surface area contributed by atoms with Crippen molar-refractivity contribution in [1.29, 1.82) is 0 Å². The molecule has 0 bridgehead atoms. The highest BCUT2D eigenvalue weighted by molar-refractivity contribution is 6.03. The Balaban J connectivity index is 0.00000288. The van der Waals surface area contributed by atoms with Crippen LogP contribution < -0.4 is 16.0 Å². The van der Waals surface area contributed by atoms with E-state index in [1.165, 1.54) is 6.42 Å². The van der Waals surface area contributed by atoms with Crippen molar-refractivity contribution >= 4 is 29.9 Å². The molecule has 0 aliphatic carbocycles. The average Bonchev–Trinajstić information content (AvgIpc) is 3.04. The third-order valence-electron chi connectivity index (χ3n) is 4.00. The summed E-state index contributed by atoms with van der Waals surface area (Å²) in [6.07, 6.45) is 3.64. The van der Waals surface area contributed by atoms with Crippen LogP contribution in [-0.2, 0) is 4.79 Å². The molecule has 1 atom stereocenters. The smallest absolute Gasteiger partial charge is 0.253 e. The van der Waals surface area contributed by atoms with Crippen LogP contribution in [0.2, 0.25) is 0 Å². The van der Waals surface area contributed by atoms with Crippen molar-refractivity contribution in [3.63, 3.8) is 0 Å². The lowest BCUT2D eigenvalue weighted by molar-refractivity contribution is -0.116. The third kappa shape index (κ3) is 6.49. The van der Waals surface area contributed by atoms with E-state index < -0.39 is 0 Å². The minimum atomic E-state index is -0.146. The van der Waals surface area contributed by atoms with Crippen molar-refractivity contribution in [2.24, 2.45) is 5.92 Å². The summed E-state index contributed by atoms with van der Waals surface area (Å²) >= 11 is 0. The van der Waals surface area contributed by atoms with Crippen molar-refractivity contribution in [2.75, 3.05) is 18.4 Å². The number of hydrogen-bond acceptors (Lipinski definition) is 3. The molecule has 24 heavy (non-hydrogen) atoms. The van der Waals surface area contributed by atoms with E-state index in [2.05, 4.69) is 16.0 Å². The quantitative estimate of drug-likeness (QED) is 0.705. The molecule has 1 saturated heterocycles. The zero-order valence-electron chi connectivity index (χ0n) is 14.4. The second-order valence-corrected chi connectivity index (χ2v) is 6.53. The van der Waals surface area contributed by atoms with Gasteiger partial charge in [-0.1, -0.05) is 26.0 Å². The molecule has 0 radical (unpaired) electrons. The fraction of sp³-hybridized carbons (Fsp3) is 0.556. The average molecular weight is 354 g/mol. The van der Waals surface area contributed by atoms with Gasteiger partial charge in [-0.15, -0.1) is 12.4 Å². The first-order valence-corrected chi connectivity index (χ1v) is 8.46. The zero-order valence-corrected chi connectivity index (χ0v) is 15.2. The Kier molecular flexibility index (Phi) is 8.79. The molecule has 2 rings (SSSR count). The molecule has 2 amide bonds. The number of nitrogens with one attached hydrogen (secondary N) is 3. The Bertz CT molecular complexity index is 543. The maximum absolute atomic E-state index is 12.2. The number of benzene rings is 1. The van der Waals surface area contributed by atoms with Crippen LogP contribution in [0.3, 0.4) is 0 Å². The summed E-state index contributed by atoms with van der Waals surface area (Å²) in [5.41, 5.74) is 1.10. The predicted molar refractivity (Wildman–Crippen MR) is 99.7 cm³/mol. The lowest BCUT2D eigenvalue weighted by Crippen LogP contribution is -2.28. The predicted octanol–water partition coefficient (Wildman–Crippen LogP) is 2.96. The Morgan fingerprint density at radius 3 is 2.71 bits per heavy atom. The molecule has 0 saturated carbocycles. The van der Waals surface area contributed by atoms with Crippen LogP contribution in [-0.4, -0.2) is 30.9 Å². The van der Waals surface area contributed by atoms with E-state index in [-0.39, 0.29) is 24.2 Å². The number of carbonyl (C=O) groups excluding carboxylic acids is 2. The van der Waals surface area contributed by atoms with Crippen LogP contribution in [0, 0.1) is 5.92 Å². The maximum atomic E-state index is 12.2. The van der Waals surface area contributed by atoms with E-state index in [0.717, 1.165) is 19.4 Å². The van der Waals surface area contributed by atoms with E-state index in [4.69, 9.17) is 0 Å². The Morgan fingerprint density at radius 2 is 2.04 bits per heavy atom. The van der Waals surface area contributed by atoms with Crippen molar-refractivity contribution in [3.8, 4) is 0 Å². The fourth-order valence-electron chi connectivity index (χ4n) is 2.70. The highest BCUT2D eigenvalue weighted by Crippen LogP contribution is 2.17. The Hall–Kier alpha value is -1.59. The van der Waals surface area contributed by atoms with E-state index >= 15 is 0 Å². The number of carbonyl (C=O) groups is 2. The molecule has 1 aliphatic rings. The third-order valence-corrected chi connectivity index (χ3v) is 4.00. The van der Waals surface area contributed by atoms with Crippen LogP contribution in [0.15, 0.2) is 24.3 Å². The molecule has 0 aromatic heterocycles. The molecule has 134 valence electrons. The van der Waals surface area contributed by atoms with Gasteiger partial charge in [0.15, 0.2) is 0 Å². The van der Waals surface area contributed by atoms with Crippen molar-refractivity contribution in [2.45, 2.75) is 45.6 Å². The van der Waals surface area contributed by atoms with Gasteiger partial charge in [0.2, 0.25) is 5.91 Å². The van der Waals surface area contributed by atoms with Gasteiger partial charge in [0.1, 0.15) is 0 Å². The molecule has 1 aliphatic heterocycles. The van der Waals surface area contributed by atoms with E-state index in [0.29, 0.717) is 36.2 Å². The van der Waals surface area contributed by atoms with Gasteiger partial charge in [-0.2, -0.15) is 0 Å². The fourth-order valence-corrected chi connectivity index (χ4v) is 2.70. The highest BCUT2D eigenvalue weighted by Gasteiger charge is 2.17. The maximum Gasteiger partial charge on any atom is 0.253 e. The van der Waals surface area contributed by atoms with Crippen LogP contribution in [0.25, 0.3) is 0 Å². The molecular formula is C18H28ClN3O2. The van der Waals surface area contributed by atoms with Gasteiger partial charge in [0.05, 0.1) is 11.3 Å². The summed E-state index contributed by atoms with van der Waals surface area (Å²) in [6.45, 7) is 5.76. The van der Waals surface area contributed by atoms with Crippen molar-refractivity contribution < 1.29 is 9.59 Å². The number of para-hydroxylation sites is 1. The van der Waals surface area contributed by atoms with Gasteiger partial charge in [-0.25, -0.2) is 0 Å². The first-order chi connectivity index (χ1) is 11.1. The SMILES string of the molecule is CC(C)CNC(=O)c1ccccc1NC(=O)CCC1CCCN1.Cl. The first-order valence-electron chi connectivity index (χ1n) is 8.46. The van der Waals surface area contributed by atoms with Gasteiger partial charge in [-0.05, 0) is 43.9 Å². The second-order valence-electron chi connectivity index (χ2n) is 6.53. The van der Waals surface area contributed by atoms with Gasteiger partial charge >= 0.3 is 0 Å². The summed E-state index contributed by atoms with van der Waals surface area (Å²) in [6, 6.07) is 7.60. The normalized spacial score (nSPS) is 16.5.